The smallest absolute Gasteiger partial charge is 0.164 e. The summed E-state index contributed by atoms with van der Waals surface area (Å²) in [5.74, 6) is 1.84. The van der Waals surface area contributed by atoms with Crippen LogP contribution in [0.3, 0.4) is 0 Å². The second kappa shape index (κ2) is 9.68. The van der Waals surface area contributed by atoms with E-state index in [2.05, 4.69) is 28.8 Å². The Morgan fingerprint density at radius 2 is 1.18 bits per heavy atom. The first-order valence-electron chi connectivity index (χ1n) is 14.3. The molecule has 7 nitrogen and oxygen atoms in total. The molecule has 0 aliphatic heterocycles. The van der Waals surface area contributed by atoms with Gasteiger partial charge in [-0.05, 0) is 30.3 Å². The van der Waals surface area contributed by atoms with E-state index in [0.29, 0.717) is 17.5 Å². The van der Waals surface area contributed by atoms with E-state index < -0.39 is 0 Å². The lowest BCUT2D eigenvalue weighted by molar-refractivity contribution is 0.667. The van der Waals surface area contributed by atoms with Crippen molar-refractivity contribution in [2.45, 2.75) is 0 Å². The molecule has 0 atom stereocenters. The lowest BCUT2D eigenvalue weighted by Crippen LogP contribution is -2.01. The third kappa shape index (κ3) is 3.80. The van der Waals surface area contributed by atoms with E-state index in [4.69, 9.17) is 29.3 Å². The molecule has 9 rings (SSSR count). The molecule has 44 heavy (non-hydrogen) atoms. The fraction of sp³-hybridized carbons (Fsp3) is 0. The second-order valence-electron chi connectivity index (χ2n) is 10.6. The summed E-state index contributed by atoms with van der Waals surface area (Å²) in [6.45, 7) is 0. The third-order valence-corrected chi connectivity index (χ3v) is 7.93. The Morgan fingerprint density at radius 3 is 1.93 bits per heavy atom. The average molecular weight is 567 g/mol. The first-order chi connectivity index (χ1) is 21.8. The summed E-state index contributed by atoms with van der Waals surface area (Å²) < 4.78 is 8.45. The molecule has 4 aromatic carbocycles. The molecule has 0 spiro atoms. The molecule has 0 fully saturated rings. The van der Waals surface area contributed by atoms with Gasteiger partial charge in [0.15, 0.2) is 23.1 Å². The van der Waals surface area contributed by atoms with E-state index >= 15 is 0 Å². The number of aromatic nitrogens is 6. The van der Waals surface area contributed by atoms with E-state index in [-0.39, 0.29) is 0 Å². The number of nitrogens with zero attached hydrogens (tertiary/aromatic N) is 6. The minimum absolute atomic E-state index is 0.593. The number of hydrogen-bond acceptors (Lipinski definition) is 6. The van der Waals surface area contributed by atoms with Gasteiger partial charge in [0.25, 0.3) is 0 Å². The number of hydrogen-bond donors (Lipinski definition) is 0. The van der Waals surface area contributed by atoms with Crippen molar-refractivity contribution in [1.82, 2.24) is 29.5 Å². The van der Waals surface area contributed by atoms with Gasteiger partial charge in [-0.25, -0.2) is 19.9 Å². The first-order valence-corrected chi connectivity index (χ1v) is 14.3. The van der Waals surface area contributed by atoms with E-state index in [0.717, 1.165) is 66.4 Å². The molecule has 9 aromatic rings. The van der Waals surface area contributed by atoms with Crippen molar-refractivity contribution < 1.29 is 4.42 Å². The topological polar surface area (TPSA) is 82.5 Å². The van der Waals surface area contributed by atoms with Crippen molar-refractivity contribution in [2.24, 2.45) is 0 Å². The summed E-state index contributed by atoms with van der Waals surface area (Å²) in [5.41, 5.74) is 8.78. The Kier molecular flexibility index (Phi) is 5.36. The highest BCUT2D eigenvalue weighted by molar-refractivity contribution is 6.22. The standard InChI is InChI=1S/C37H22N6O/c1-3-11-23(12-4-1)35-40-36(24-13-5-2-6-14-24)42-37(41-35)25-15-9-16-26(21-25)43-28-18-10-20-38-32(28)33-34(43)31-27-17-7-8-19-29(27)44-30(31)22-39-33/h1-22H. The van der Waals surface area contributed by atoms with Crippen LogP contribution in [0.1, 0.15) is 0 Å². The fourth-order valence-corrected chi connectivity index (χ4v) is 5.96. The summed E-state index contributed by atoms with van der Waals surface area (Å²) in [5, 5.41) is 2.04. The molecular formula is C37H22N6O. The highest BCUT2D eigenvalue weighted by atomic mass is 16.3. The average Bonchev–Trinajstić information content (AvgIpc) is 3.65. The van der Waals surface area contributed by atoms with Gasteiger partial charge in [0.05, 0.1) is 22.6 Å². The number of pyridine rings is 2. The van der Waals surface area contributed by atoms with Gasteiger partial charge in [0.1, 0.15) is 16.6 Å². The minimum atomic E-state index is 0.593. The van der Waals surface area contributed by atoms with Crippen molar-refractivity contribution in [1.29, 1.82) is 0 Å². The molecule has 5 aromatic heterocycles. The van der Waals surface area contributed by atoms with Crippen LogP contribution in [0.4, 0.5) is 0 Å². The molecule has 7 heteroatoms. The quantitative estimate of drug-likeness (QED) is 0.212. The Morgan fingerprint density at radius 1 is 0.523 bits per heavy atom. The monoisotopic (exact) mass is 566 g/mol. The van der Waals surface area contributed by atoms with Crippen LogP contribution in [-0.4, -0.2) is 29.5 Å². The van der Waals surface area contributed by atoms with Crippen LogP contribution in [0.15, 0.2) is 138 Å². The van der Waals surface area contributed by atoms with Gasteiger partial charge in [-0.1, -0.05) is 91.0 Å². The van der Waals surface area contributed by atoms with Gasteiger partial charge >= 0.3 is 0 Å². The van der Waals surface area contributed by atoms with E-state index in [1.807, 2.05) is 103 Å². The summed E-state index contributed by atoms with van der Waals surface area (Å²) >= 11 is 0. The number of furan rings is 1. The van der Waals surface area contributed by atoms with Crippen LogP contribution < -0.4 is 0 Å². The van der Waals surface area contributed by atoms with E-state index in [1.165, 1.54) is 0 Å². The minimum Gasteiger partial charge on any atom is -0.454 e. The maximum Gasteiger partial charge on any atom is 0.164 e. The summed E-state index contributed by atoms with van der Waals surface area (Å²) in [4.78, 5) is 24.4. The number of fused-ring (bicyclic) bond motifs is 7. The van der Waals surface area contributed by atoms with Crippen molar-refractivity contribution in [3.63, 3.8) is 0 Å². The zero-order valence-corrected chi connectivity index (χ0v) is 23.3. The zero-order chi connectivity index (χ0) is 29.0. The van der Waals surface area contributed by atoms with Crippen molar-refractivity contribution in [3.8, 4) is 39.9 Å². The van der Waals surface area contributed by atoms with Gasteiger partial charge in [0, 0.05) is 34.0 Å². The molecule has 0 N–H and O–H groups in total. The maximum atomic E-state index is 6.23. The molecule has 0 saturated heterocycles. The first kappa shape index (κ1) is 24.4. The molecule has 0 aliphatic rings. The maximum absolute atomic E-state index is 6.23. The van der Waals surface area contributed by atoms with Crippen LogP contribution in [0, 0.1) is 0 Å². The van der Waals surface area contributed by atoms with Crippen molar-refractivity contribution >= 4 is 44.0 Å². The van der Waals surface area contributed by atoms with E-state index in [9.17, 15) is 0 Å². The van der Waals surface area contributed by atoms with Gasteiger partial charge in [-0.15, -0.1) is 0 Å². The summed E-state index contributed by atoms with van der Waals surface area (Å²) in [7, 11) is 0. The lowest BCUT2D eigenvalue weighted by Gasteiger charge is -2.11. The normalized spacial score (nSPS) is 11.6. The molecule has 5 heterocycles. The number of rotatable bonds is 4. The summed E-state index contributed by atoms with van der Waals surface area (Å²) in [6, 6.07) is 40.4. The molecule has 0 radical (unpaired) electrons. The predicted molar refractivity (Wildman–Crippen MR) is 173 cm³/mol. The van der Waals surface area contributed by atoms with Crippen LogP contribution in [0.2, 0.25) is 0 Å². The molecule has 0 saturated carbocycles. The van der Waals surface area contributed by atoms with Crippen molar-refractivity contribution in [3.05, 3.63) is 134 Å². The third-order valence-electron chi connectivity index (χ3n) is 7.93. The SMILES string of the molecule is c1ccc(-c2nc(-c3ccccc3)nc(-c3cccc(-n4c5cccnc5c5ncc6oc7ccccc7c6c54)c3)n2)cc1. The highest BCUT2D eigenvalue weighted by Crippen LogP contribution is 2.39. The van der Waals surface area contributed by atoms with Gasteiger partial charge in [-0.2, -0.15) is 0 Å². The molecule has 206 valence electrons. The Bertz CT molecular complexity index is 2440. The Labute approximate surface area is 251 Å². The number of para-hydroxylation sites is 1. The Balaban J connectivity index is 1.31. The van der Waals surface area contributed by atoms with Gasteiger partial charge in [0.2, 0.25) is 0 Å². The van der Waals surface area contributed by atoms with E-state index in [1.54, 1.807) is 6.20 Å². The van der Waals surface area contributed by atoms with Crippen molar-refractivity contribution in [2.75, 3.05) is 0 Å². The molecule has 0 bridgehead atoms. The van der Waals surface area contributed by atoms with Crippen LogP contribution in [0.25, 0.3) is 83.9 Å². The van der Waals surface area contributed by atoms with Crippen LogP contribution >= 0.6 is 0 Å². The van der Waals surface area contributed by atoms with Crippen LogP contribution in [0.5, 0.6) is 0 Å². The molecular weight excluding hydrogens is 544 g/mol. The molecule has 0 unspecified atom stereocenters. The second-order valence-corrected chi connectivity index (χ2v) is 10.6. The molecule has 0 amide bonds. The van der Waals surface area contributed by atoms with Crippen LogP contribution in [-0.2, 0) is 0 Å². The number of benzene rings is 4. The predicted octanol–water partition coefficient (Wildman–Crippen LogP) is 8.66. The highest BCUT2D eigenvalue weighted by Gasteiger charge is 2.21. The Hall–Kier alpha value is -6.21. The largest absolute Gasteiger partial charge is 0.454 e. The summed E-state index contributed by atoms with van der Waals surface area (Å²) in [6.07, 6.45) is 3.61. The van der Waals surface area contributed by atoms with Gasteiger partial charge < -0.3 is 8.98 Å². The lowest BCUT2D eigenvalue weighted by atomic mass is 10.1. The van der Waals surface area contributed by atoms with Gasteiger partial charge in [-0.3, -0.25) is 4.98 Å². The zero-order valence-electron chi connectivity index (χ0n) is 23.3. The fourth-order valence-electron chi connectivity index (χ4n) is 5.96. The molecule has 0 aliphatic carbocycles.